The molecule has 2 N–H and O–H groups in total. The molecule has 2 unspecified atom stereocenters. The summed E-state index contributed by atoms with van der Waals surface area (Å²) in [5, 5.41) is 3.70. The minimum Gasteiger partial charge on any atom is -0.337 e. The topological polar surface area (TPSA) is 99.1 Å². The number of hydrogen-bond donors (Lipinski definition) is 1. The summed E-state index contributed by atoms with van der Waals surface area (Å²) in [5.41, 5.74) is 5.71. The molecule has 102 valence electrons. The van der Waals surface area contributed by atoms with Gasteiger partial charge in [-0.1, -0.05) is 24.9 Å². The number of aromatic nitrogens is 2. The van der Waals surface area contributed by atoms with Gasteiger partial charge < -0.3 is 10.3 Å². The molecule has 6 nitrogen and oxygen atoms in total. The van der Waals surface area contributed by atoms with Crippen molar-refractivity contribution in [1.29, 1.82) is 0 Å². The van der Waals surface area contributed by atoms with Gasteiger partial charge in [-0.2, -0.15) is 4.98 Å². The summed E-state index contributed by atoms with van der Waals surface area (Å²) in [6.07, 6.45) is 4.93. The van der Waals surface area contributed by atoms with Gasteiger partial charge in [0.05, 0.1) is 5.54 Å². The average Bonchev–Trinajstić information content (AvgIpc) is 2.63. The Balaban J connectivity index is 2.19. The Morgan fingerprint density at radius 1 is 1.56 bits per heavy atom. The van der Waals surface area contributed by atoms with E-state index < -0.39 is 15.4 Å². The lowest BCUT2D eigenvalue weighted by Gasteiger charge is -2.33. The number of nitrogens with two attached hydrogens (primary N) is 1. The molecule has 0 saturated heterocycles. The number of rotatable bonds is 3. The van der Waals surface area contributed by atoms with Crippen LogP contribution in [0, 0.1) is 5.92 Å². The average molecular weight is 273 g/mol. The highest BCUT2D eigenvalue weighted by atomic mass is 32.2. The van der Waals surface area contributed by atoms with Crippen molar-refractivity contribution in [2.75, 3.05) is 6.26 Å². The first-order chi connectivity index (χ1) is 8.28. The van der Waals surface area contributed by atoms with Crippen LogP contribution in [-0.2, 0) is 21.1 Å². The SMILES string of the molecule is CC1CCCC(N)(c2nc(CS(C)(=O)=O)no2)C1. The van der Waals surface area contributed by atoms with E-state index in [-0.39, 0.29) is 11.6 Å². The van der Waals surface area contributed by atoms with Crippen molar-refractivity contribution in [1.82, 2.24) is 10.1 Å². The van der Waals surface area contributed by atoms with E-state index in [1.807, 2.05) is 0 Å². The zero-order valence-electron chi connectivity index (χ0n) is 10.7. The lowest BCUT2D eigenvalue weighted by atomic mass is 9.77. The van der Waals surface area contributed by atoms with Gasteiger partial charge in [-0.05, 0) is 18.8 Å². The fraction of sp³-hybridized carbons (Fsp3) is 0.818. The Labute approximate surface area is 107 Å². The fourth-order valence-corrected chi connectivity index (χ4v) is 3.12. The maximum atomic E-state index is 11.2. The summed E-state index contributed by atoms with van der Waals surface area (Å²) < 4.78 is 27.5. The molecule has 0 bridgehead atoms. The summed E-state index contributed by atoms with van der Waals surface area (Å²) in [5.74, 6) is 0.875. The van der Waals surface area contributed by atoms with Crippen LogP contribution in [0.3, 0.4) is 0 Å². The Bertz CT molecular complexity index is 525. The van der Waals surface area contributed by atoms with E-state index in [9.17, 15) is 8.42 Å². The smallest absolute Gasteiger partial charge is 0.246 e. The maximum Gasteiger partial charge on any atom is 0.246 e. The molecular formula is C11H19N3O3S. The van der Waals surface area contributed by atoms with E-state index in [0.29, 0.717) is 11.8 Å². The van der Waals surface area contributed by atoms with Crippen LogP contribution in [-0.4, -0.2) is 24.8 Å². The first-order valence-corrected chi connectivity index (χ1v) is 8.14. The Morgan fingerprint density at radius 3 is 2.89 bits per heavy atom. The second-order valence-corrected chi connectivity index (χ2v) is 7.58. The van der Waals surface area contributed by atoms with E-state index in [2.05, 4.69) is 17.1 Å². The maximum absolute atomic E-state index is 11.2. The quantitative estimate of drug-likeness (QED) is 0.881. The van der Waals surface area contributed by atoms with Crippen molar-refractivity contribution >= 4 is 9.84 Å². The van der Waals surface area contributed by atoms with Crippen LogP contribution in [0.1, 0.15) is 44.3 Å². The van der Waals surface area contributed by atoms with Crippen molar-refractivity contribution in [2.45, 2.75) is 43.9 Å². The van der Waals surface area contributed by atoms with Gasteiger partial charge in [-0.3, -0.25) is 0 Å². The molecule has 1 aromatic heterocycles. The predicted molar refractivity (Wildman–Crippen MR) is 66.3 cm³/mol. The molecule has 1 aliphatic carbocycles. The largest absolute Gasteiger partial charge is 0.337 e. The molecule has 7 heteroatoms. The molecule has 1 aliphatic rings. The van der Waals surface area contributed by atoms with Gasteiger partial charge in [0.25, 0.3) is 0 Å². The molecule has 1 fully saturated rings. The van der Waals surface area contributed by atoms with Crippen LogP contribution in [0.15, 0.2) is 4.52 Å². The van der Waals surface area contributed by atoms with Crippen molar-refractivity contribution < 1.29 is 12.9 Å². The number of nitrogens with zero attached hydrogens (tertiary/aromatic N) is 2. The molecule has 1 heterocycles. The van der Waals surface area contributed by atoms with Gasteiger partial charge in [0.2, 0.25) is 5.89 Å². The predicted octanol–water partition coefficient (Wildman–Crippen LogP) is 0.978. The van der Waals surface area contributed by atoms with Crippen LogP contribution >= 0.6 is 0 Å². The Hall–Kier alpha value is -0.950. The zero-order chi connectivity index (χ0) is 13.4. The highest BCUT2D eigenvalue weighted by Gasteiger charge is 2.37. The highest BCUT2D eigenvalue weighted by molar-refractivity contribution is 7.89. The standard InChI is InChI=1S/C11H19N3O3S/c1-8-4-3-5-11(12,6-8)10-13-9(14-17-10)7-18(2,15)16/h8H,3-7,12H2,1-2H3. The van der Waals surface area contributed by atoms with Crippen LogP contribution in [0.25, 0.3) is 0 Å². The molecular weight excluding hydrogens is 254 g/mol. The normalized spacial score (nSPS) is 29.4. The van der Waals surface area contributed by atoms with Crippen molar-refractivity contribution in [3.8, 4) is 0 Å². The summed E-state index contributed by atoms with van der Waals surface area (Å²) in [4.78, 5) is 4.14. The van der Waals surface area contributed by atoms with Crippen LogP contribution in [0.2, 0.25) is 0 Å². The minimum atomic E-state index is -3.15. The highest BCUT2D eigenvalue weighted by Crippen LogP contribution is 2.36. The van der Waals surface area contributed by atoms with E-state index >= 15 is 0 Å². The summed E-state index contributed by atoms with van der Waals surface area (Å²) in [7, 11) is -3.15. The monoisotopic (exact) mass is 273 g/mol. The first kappa shape index (κ1) is 13.5. The van der Waals surface area contributed by atoms with Crippen molar-refractivity contribution in [3.05, 3.63) is 11.7 Å². The summed E-state index contributed by atoms with van der Waals surface area (Å²) in [6, 6.07) is 0. The van der Waals surface area contributed by atoms with Gasteiger partial charge in [0.15, 0.2) is 15.7 Å². The van der Waals surface area contributed by atoms with Gasteiger partial charge in [0.1, 0.15) is 5.75 Å². The van der Waals surface area contributed by atoms with E-state index in [1.165, 1.54) is 0 Å². The van der Waals surface area contributed by atoms with Gasteiger partial charge >= 0.3 is 0 Å². The zero-order valence-corrected chi connectivity index (χ0v) is 11.5. The van der Waals surface area contributed by atoms with Crippen LogP contribution in [0.4, 0.5) is 0 Å². The van der Waals surface area contributed by atoms with E-state index in [1.54, 1.807) is 0 Å². The van der Waals surface area contributed by atoms with E-state index in [0.717, 1.165) is 31.9 Å². The van der Waals surface area contributed by atoms with Crippen LogP contribution < -0.4 is 5.73 Å². The molecule has 0 amide bonds. The van der Waals surface area contributed by atoms with Gasteiger partial charge in [0, 0.05) is 6.26 Å². The molecule has 18 heavy (non-hydrogen) atoms. The third-order valence-electron chi connectivity index (χ3n) is 3.32. The second-order valence-electron chi connectivity index (χ2n) is 5.44. The molecule has 0 aromatic carbocycles. The number of sulfone groups is 1. The van der Waals surface area contributed by atoms with Gasteiger partial charge in [-0.25, -0.2) is 8.42 Å². The van der Waals surface area contributed by atoms with Crippen molar-refractivity contribution in [3.63, 3.8) is 0 Å². The molecule has 2 rings (SSSR count). The molecule has 0 radical (unpaired) electrons. The third kappa shape index (κ3) is 3.08. The lowest BCUT2D eigenvalue weighted by molar-refractivity contribution is 0.183. The van der Waals surface area contributed by atoms with Crippen LogP contribution in [0.5, 0.6) is 0 Å². The molecule has 0 spiro atoms. The molecule has 2 atom stereocenters. The number of hydrogen-bond acceptors (Lipinski definition) is 6. The third-order valence-corrected chi connectivity index (χ3v) is 4.10. The minimum absolute atomic E-state index is 0.190. The fourth-order valence-electron chi connectivity index (χ4n) is 2.54. The van der Waals surface area contributed by atoms with Gasteiger partial charge in [-0.15, -0.1) is 0 Å². The summed E-state index contributed by atoms with van der Waals surface area (Å²) in [6.45, 7) is 2.15. The van der Waals surface area contributed by atoms with Crippen molar-refractivity contribution in [2.24, 2.45) is 11.7 Å². The molecule has 1 aromatic rings. The Morgan fingerprint density at radius 2 is 2.28 bits per heavy atom. The molecule has 1 saturated carbocycles. The Kier molecular flexibility index (Phi) is 3.46. The summed E-state index contributed by atoms with van der Waals surface area (Å²) >= 11 is 0. The lowest BCUT2D eigenvalue weighted by Crippen LogP contribution is -2.41. The first-order valence-electron chi connectivity index (χ1n) is 6.08. The van der Waals surface area contributed by atoms with E-state index in [4.69, 9.17) is 10.3 Å². The molecule has 0 aliphatic heterocycles. The second kappa shape index (κ2) is 4.62.